The number of nitrogens with zero attached hydrogens (tertiary/aromatic N) is 1. The summed E-state index contributed by atoms with van der Waals surface area (Å²) in [4.78, 5) is 15.9. The number of pyridine rings is 1. The van der Waals surface area contributed by atoms with Crippen molar-refractivity contribution in [2.45, 2.75) is 6.92 Å². The topological polar surface area (TPSA) is 82.5 Å². The van der Waals surface area contributed by atoms with Crippen molar-refractivity contribution in [3.8, 4) is 11.5 Å². The maximum atomic E-state index is 11.9. The molecule has 1 amide bonds. The number of anilines is 1. The third kappa shape index (κ3) is 2.40. The number of rotatable bonds is 2. The zero-order valence-corrected chi connectivity index (χ0v) is 9.71. The van der Waals surface area contributed by atoms with Crippen LogP contribution in [-0.4, -0.2) is 21.1 Å². The quantitative estimate of drug-likeness (QED) is 0.755. The highest BCUT2D eigenvalue weighted by Crippen LogP contribution is 2.26. The van der Waals surface area contributed by atoms with Crippen LogP contribution in [0, 0.1) is 6.92 Å². The summed E-state index contributed by atoms with van der Waals surface area (Å²) in [6.07, 6.45) is 1.50. The number of phenolic OH excluding ortho intramolecular Hbond substituents is 2. The van der Waals surface area contributed by atoms with E-state index >= 15 is 0 Å². The van der Waals surface area contributed by atoms with Gasteiger partial charge in [0, 0.05) is 5.69 Å². The standard InChI is InChI=1S/C13H12N2O3/c1-8-5-6-9(7-14-8)15-13(18)12-10(16)3-2-4-11(12)17/h2-7,16-17H,1H3,(H,15,18). The Bertz CT molecular complexity index is 559. The highest BCUT2D eigenvalue weighted by atomic mass is 16.3. The number of hydrogen-bond acceptors (Lipinski definition) is 4. The van der Waals surface area contributed by atoms with Gasteiger partial charge in [-0.2, -0.15) is 0 Å². The summed E-state index contributed by atoms with van der Waals surface area (Å²) in [6.45, 7) is 1.83. The molecule has 1 aromatic heterocycles. The number of benzene rings is 1. The van der Waals surface area contributed by atoms with Crippen molar-refractivity contribution < 1.29 is 15.0 Å². The van der Waals surface area contributed by atoms with E-state index in [0.717, 1.165) is 5.69 Å². The van der Waals surface area contributed by atoms with Gasteiger partial charge in [0.05, 0.1) is 11.9 Å². The molecule has 0 radical (unpaired) electrons. The molecule has 0 unspecified atom stereocenters. The van der Waals surface area contributed by atoms with Crippen LogP contribution in [0.1, 0.15) is 16.1 Å². The first-order valence-electron chi connectivity index (χ1n) is 5.33. The highest BCUT2D eigenvalue weighted by Gasteiger charge is 2.15. The molecule has 5 heteroatoms. The first kappa shape index (κ1) is 11.9. The van der Waals surface area contributed by atoms with E-state index in [4.69, 9.17) is 0 Å². The molecular formula is C13H12N2O3. The molecule has 0 atom stereocenters. The predicted octanol–water partition coefficient (Wildman–Crippen LogP) is 2.05. The van der Waals surface area contributed by atoms with Crippen LogP contribution in [0.5, 0.6) is 11.5 Å². The van der Waals surface area contributed by atoms with Gasteiger partial charge in [-0.3, -0.25) is 9.78 Å². The Hall–Kier alpha value is -2.56. The third-order valence-corrected chi connectivity index (χ3v) is 2.42. The monoisotopic (exact) mass is 244 g/mol. The fourth-order valence-corrected chi connectivity index (χ4v) is 1.50. The summed E-state index contributed by atoms with van der Waals surface area (Å²) in [7, 11) is 0. The van der Waals surface area contributed by atoms with Crippen molar-refractivity contribution in [1.29, 1.82) is 0 Å². The minimum absolute atomic E-state index is 0.155. The second-order valence-electron chi connectivity index (χ2n) is 3.81. The lowest BCUT2D eigenvalue weighted by Crippen LogP contribution is -2.12. The molecule has 18 heavy (non-hydrogen) atoms. The lowest BCUT2D eigenvalue weighted by atomic mass is 10.1. The van der Waals surface area contributed by atoms with Crippen molar-refractivity contribution in [2.75, 3.05) is 5.32 Å². The second kappa shape index (κ2) is 4.75. The molecule has 0 aliphatic heterocycles. The van der Waals surface area contributed by atoms with Gasteiger partial charge >= 0.3 is 0 Å². The van der Waals surface area contributed by atoms with E-state index in [0.29, 0.717) is 5.69 Å². The Morgan fingerprint density at radius 1 is 1.17 bits per heavy atom. The highest BCUT2D eigenvalue weighted by molar-refractivity contribution is 6.07. The summed E-state index contributed by atoms with van der Waals surface area (Å²) in [5.74, 6) is -1.13. The minimum Gasteiger partial charge on any atom is -0.507 e. The van der Waals surface area contributed by atoms with Crippen molar-refractivity contribution >= 4 is 11.6 Å². The Morgan fingerprint density at radius 3 is 2.39 bits per heavy atom. The van der Waals surface area contributed by atoms with E-state index in [2.05, 4.69) is 10.3 Å². The molecule has 3 N–H and O–H groups in total. The first-order valence-corrected chi connectivity index (χ1v) is 5.33. The number of amides is 1. The summed E-state index contributed by atoms with van der Waals surface area (Å²) in [5.41, 5.74) is 1.17. The molecule has 92 valence electrons. The zero-order valence-electron chi connectivity index (χ0n) is 9.71. The number of aromatic hydroxyl groups is 2. The predicted molar refractivity (Wildman–Crippen MR) is 66.7 cm³/mol. The number of nitrogens with one attached hydrogen (secondary N) is 1. The van der Waals surface area contributed by atoms with E-state index in [1.54, 1.807) is 12.1 Å². The summed E-state index contributed by atoms with van der Waals surface area (Å²) in [5, 5.41) is 21.6. The molecule has 5 nitrogen and oxygen atoms in total. The third-order valence-electron chi connectivity index (χ3n) is 2.42. The average Bonchev–Trinajstić information content (AvgIpc) is 2.32. The molecule has 0 bridgehead atoms. The van der Waals surface area contributed by atoms with Crippen LogP contribution in [0.2, 0.25) is 0 Å². The lowest BCUT2D eigenvalue weighted by Gasteiger charge is -2.08. The molecule has 1 heterocycles. The van der Waals surface area contributed by atoms with Crippen LogP contribution in [-0.2, 0) is 0 Å². The number of aromatic nitrogens is 1. The summed E-state index contributed by atoms with van der Waals surface area (Å²) < 4.78 is 0. The Morgan fingerprint density at radius 2 is 1.83 bits per heavy atom. The van der Waals surface area contributed by atoms with E-state index in [-0.39, 0.29) is 17.1 Å². The van der Waals surface area contributed by atoms with Gasteiger partial charge in [-0.25, -0.2) is 0 Å². The van der Waals surface area contributed by atoms with E-state index in [1.165, 1.54) is 24.4 Å². The molecule has 0 spiro atoms. The summed E-state index contributed by atoms with van der Waals surface area (Å²) >= 11 is 0. The number of hydrogen-bond donors (Lipinski definition) is 3. The van der Waals surface area contributed by atoms with Crippen molar-refractivity contribution in [2.24, 2.45) is 0 Å². The Labute approximate surface area is 104 Å². The van der Waals surface area contributed by atoms with Gasteiger partial charge < -0.3 is 15.5 Å². The Balaban J connectivity index is 2.25. The fourth-order valence-electron chi connectivity index (χ4n) is 1.50. The van der Waals surface area contributed by atoms with Crippen LogP contribution in [0.4, 0.5) is 5.69 Å². The van der Waals surface area contributed by atoms with Crippen LogP contribution >= 0.6 is 0 Å². The minimum atomic E-state index is -0.587. The molecular weight excluding hydrogens is 232 g/mol. The Kier molecular flexibility index (Phi) is 3.14. The van der Waals surface area contributed by atoms with Crippen LogP contribution < -0.4 is 5.32 Å². The largest absolute Gasteiger partial charge is 0.507 e. The van der Waals surface area contributed by atoms with Crippen LogP contribution in [0.15, 0.2) is 36.5 Å². The zero-order chi connectivity index (χ0) is 13.1. The lowest BCUT2D eigenvalue weighted by molar-refractivity contribution is 0.102. The van der Waals surface area contributed by atoms with Gasteiger partial charge in [0.15, 0.2) is 0 Å². The van der Waals surface area contributed by atoms with Crippen LogP contribution in [0.25, 0.3) is 0 Å². The smallest absolute Gasteiger partial charge is 0.263 e. The molecule has 0 fully saturated rings. The van der Waals surface area contributed by atoms with E-state index < -0.39 is 5.91 Å². The normalized spacial score (nSPS) is 10.1. The van der Waals surface area contributed by atoms with Gasteiger partial charge in [-0.05, 0) is 31.2 Å². The number of carbonyl (C=O) groups excluding carboxylic acids is 1. The first-order chi connectivity index (χ1) is 8.58. The van der Waals surface area contributed by atoms with E-state index in [9.17, 15) is 15.0 Å². The van der Waals surface area contributed by atoms with Gasteiger partial charge in [-0.1, -0.05) is 6.07 Å². The molecule has 0 aliphatic carbocycles. The van der Waals surface area contributed by atoms with Gasteiger partial charge in [0.25, 0.3) is 5.91 Å². The molecule has 2 rings (SSSR count). The average molecular weight is 244 g/mol. The second-order valence-corrected chi connectivity index (χ2v) is 3.81. The van der Waals surface area contributed by atoms with Gasteiger partial charge in [0.2, 0.25) is 0 Å². The maximum absolute atomic E-state index is 11.9. The fraction of sp³-hybridized carbons (Fsp3) is 0.0769. The van der Waals surface area contributed by atoms with Crippen LogP contribution in [0.3, 0.4) is 0 Å². The van der Waals surface area contributed by atoms with Crippen molar-refractivity contribution in [3.63, 3.8) is 0 Å². The van der Waals surface area contributed by atoms with Gasteiger partial charge in [-0.15, -0.1) is 0 Å². The van der Waals surface area contributed by atoms with Gasteiger partial charge in [0.1, 0.15) is 17.1 Å². The maximum Gasteiger partial charge on any atom is 0.263 e. The molecule has 1 aromatic carbocycles. The number of aryl methyl sites for hydroxylation is 1. The van der Waals surface area contributed by atoms with Crippen molar-refractivity contribution in [1.82, 2.24) is 4.98 Å². The molecule has 0 aliphatic rings. The molecule has 0 saturated heterocycles. The number of carbonyl (C=O) groups is 1. The van der Waals surface area contributed by atoms with E-state index in [1.807, 2.05) is 6.92 Å². The molecule has 2 aromatic rings. The molecule has 0 saturated carbocycles. The SMILES string of the molecule is Cc1ccc(NC(=O)c2c(O)cccc2O)cn1. The summed E-state index contributed by atoms with van der Waals surface area (Å²) in [6, 6.07) is 7.57. The van der Waals surface area contributed by atoms with Crippen molar-refractivity contribution in [3.05, 3.63) is 47.8 Å². The number of phenols is 2.